The maximum absolute atomic E-state index is 12.7. The highest BCUT2D eigenvalue weighted by atomic mass is 16.2. The molecule has 0 fully saturated rings. The third kappa shape index (κ3) is 2.38. The molecule has 2 aromatic heterocycles. The second-order valence-corrected chi connectivity index (χ2v) is 7.37. The zero-order valence-corrected chi connectivity index (χ0v) is 16.4. The summed E-state index contributed by atoms with van der Waals surface area (Å²) >= 11 is 0. The number of anilines is 2. The summed E-state index contributed by atoms with van der Waals surface area (Å²) in [6.07, 6.45) is 1.23. The molecule has 144 valence electrons. The largest absolute Gasteiger partial charge is 0.356 e. The van der Waals surface area contributed by atoms with Crippen LogP contribution >= 0.6 is 0 Å². The minimum atomic E-state index is -0.544. The second-order valence-electron chi connectivity index (χ2n) is 7.37. The first-order valence-corrected chi connectivity index (χ1v) is 9.53. The smallest absolute Gasteiger partial charge is 0.225 e. The Bertz CT molecular complexity index is 1270. The van der Waals surface area contributed by atoms with Gasteiger partial charge in [0.2, 0.25) is 11.8 Å². The summed E-state index contributed by atoms with van der Waals surface area (Å²) in [5.74, 6) is -0.224. The zero-order valence-electron chi connectivity index (χ0n) is 16.4. The zero-order chi connectivity index (χ0) is 20.3. The molecule has 1 N–H and O–H groups in total. The van der Waals surface area contributed by atoms with E-state index in [-0.39, 0.29) is 11.8 Å². The van der Waals surface area contributed by atoms with Crippen LogP contribution in [0.3, 0.4) is 0 Å². The van der Waals surface area contributed by atoms with Crippen LogP contribution in [0.25, 0.3) is 21.8 Å². The van der Waals surface area contributed by atoms with E-state index in [2.05, 4.69) is 9.97 Å². The maximum atomic E-state index is 12.7. The summed E-state index contributed by atoms with van der Waals surface area (Å²) in [6, 6.07) is 15.5. The third-order valence-electron chi connectivity index (χ3n) is 5.61. The van der Waals surface area contributed by atoms with E-state index in [9.17, 15) is 9.59 Å². The van der Waals surface area contributed by atoms with Gasteiger partial charge >= 0.3 is 0 Å². The summed E-state index contributed by atoms with van der Waals surface area (Å²) in [5, 5.41) is 2.00. The van der Waals surface area contributed by atoms with E-state index in [1.165, 1.54) is 13.8 Å². The van der Waals surface area contributed by atoms with Gasteiger partial charge in [0, 0.05) is 42.1 Å². The van der Waals surface area contributed by atoms with Gasteiger partial charge in [-0.05, 0) is 25.1 Å². The van der Waals surface area contributed by atoms with Gasteiger partial charge in [0.1, 0.15) is 6.17 Å². The van der Waals surface area contributed by atoms with Crippen molar-refractivity contribution in [2.24, 2.45) is 0 Å². The number of hydrogen-bond acceptors (Lipinski definition) is 3. The molecule has 0 saturated heterocycles. The Morgan fingerprint density at radius 2 is 1.59 bits per heavy atom. The van der Waals surface area contributed by atoms with E-state index < -0.39 is 6.17 Å². The molecule has 4 aromatic rings. The van der Waals surface area contributed by atoms with Gasteiger partial charge in [0.25, 0.3) is 0 Å². The van der Waals surface area contributed by atoms with Crippen molar-refractivity contribution in [1.82, 2.24) is 9.97 Å². The van der Waals surface area contributed by atoms with Gasteiger partial charge in [0.05, 0.1) is 22.4 Å². The van der Waals surface area contributed by atoms with Crippen molar-refractivity contribution >= 4 is 45.0 Å². The van der Waals surface area contributed by atoms with Gasteiger partial charge in [-0.3, -0.25) is 24.4 Å². The van der Waals surface area contributed by atoms with Crippen molar-refractivity contribution in [2.75, 3.05) is 9.80 Å². The number of para-hydroxylation sites is 2. The first-order valence-electron chi connectivity index (χ1n) is 9.53. The van der Waals surface area contributed by atoms with Gasteiger partial charge in [-0.25, -0.2) is 0 Å². The molecule has 0 bridgehead atoms. The number of aryl methyl sites for hydroxylation is 1. The summed E-state index contributed by atoms with van der Waals surface area (Å²) in [4.78, 5) is 36.8. The van der Waals surface area contributed by atoms with E-state index in [0.717, 1.165) is 44.4 Å². The number of pyridine rings is 1. The van der Waals surface area contributed by atoms with Crippen molar-refractivity contribution in [3.8, 4) is 0 Å². The molecule has 0 aliphatic carbocycles. The minimum Gasteiger partial charge on any atom is -0.356 e. The van der Waals surface area contributed by atoms with Gasteiger partial charge in [-0.15, -0.1) is 0 Å². The van der Waals surface area contributed by atoms with Gasteiger partial charge in [0.15, 0.2) is 0 Å². The van der Waals surface area contributed by atoms with Crippen LogP contribution in [0.5, 0.6) is 0 Å². The van der Waals surface area contributed by atoms with E-state index >= 15 is 0 Å². The Kier molecular flexibility index (Phi) is 3.71. The Balaban J connectivity index is 1.83. The van der Waals surface area contributed by atoms with Crippen LogP contribution in [-0.2, 0) is 9.59 Å². The van der Waals surface area contributed by atoms with Crippen LogP contribution in [0.1, 0.15) is 31.3 Å². The predicted octanol–water partition coefficient (Wildman–Crippen LogP) is 4.44. The number of nitrogens with one attached hydrogen (secondary N) is 1. The van der Waals surface area contributed by atoms with E-state index in [0.29, 0.717) is 0 Å². The number of rotatable bonds is 1. The molecule has 5 rings (SSSR count). The quantitative estimate of drug-likeness (QED) is 0.527. The average molecular weight is 384 g/mol. The number of aromatic nitrogens is 2. The fraction of sp³-hybridized carbons (Fsp3) is 0.174. The van der Waals surface area contributed by atoms with E-state index in [4.69, 9.17) is 0 Å². The molecular formula is C23H20N4O2. The lowest BCUT2D eigenvalue weighted by Crippen LogP contribution is -2.40. The first kappa shape index (κ1) is 17.4. The van der Waals surface area contributed by atoms with Crippen molar-refractivity contribution < 1.29 is 9.59 Å². The number of aromatic amines is 1. The normalized spacial score (nSPS) is 14.0. The number of fused-ring (bicyclic) bond motifs is 4. The predicted molar refractivity (Wildman–Crippen MR) is 114 cm³/mol. The molecule has 29 heavy (non-hydrogen) atoms. The van der Waals surface area contributed by atoms with Crippen LogP contribution in [0, 0.1) is 6.92 Å². The summed E-state index contributed by atoms with van der Waals surface area (Å²) in [5.41, 5.74) is 5.10. The number of carbonyl (C=O) groups is 2. The van der Waals surface area contributed by atoms with Gasteiger partial charge < -0.3 is 4.98 Å². The molecule has 1 aliphatic heterocycles. The molecule has 6 nitrogen and oxygen atoms in total. The highest BCUT2D eigenvalue weighted by molar-refractivity contribution is 6.10. The van der Waals surface area contributed by atoms with E-state index in [1.807, 2.05) is 55.5 Å². The van der Waals surface area contributed by atoms with Gasteiger partial charge in [-0.1, -0.05) is 30.3 Å². The SMILES string of the molecule is CC(=O)N1c2ccccc2N(C(C)=O)C1c1c(C)[nH]c2c1ccc1cccnc12. The highest BCUT2D eigenvalue weighted by Crippen LogP contribution is 2.48. The Hall–Kier alpha value is -3.67. The molecule has 0 atom stereocenters. The molecule has 3 heterocycles. The topological polar surface area (TPSA) is 69.3 Å². The van der Waals surface area contributed by atoms with Crippen molar-refractivity contribution in [2.45, 2.75) is 26.9 Å². The molecule has 0 unspecified atom stereocenters. The Morgan fingerprint density at radius 1 is 0.931 bits per heavy atom. The van der Waals surface area contributed by atoms with Crippen molar-refractivity contribution in [1.29, 1.82) is 0 Å². The Morgan fingerprint density at radius 3 is 2.21 bits per heavy atom. The number of carbonyl (C=O) groups excluding carboxylic acids is 2. The standard InChI is InChI=1S/C23H20N4O2/c1-13-20(17-11-10-16-7-6-12-24-21(16)22(17)25-13)23-26(14(2)28)18-8-4-5-9-19(18)27(23)15(3)29/h4-12,23,25H,1-3H3. The lowest BCUT2D eigenvalue weighted by atomic mass is 10.0. The summed E-state index contributed by atoms with van der Waals surface area (Å²) in [6.45, 7) is 5.05. The minimum absolute atomic E-state index is 0.112. The number of nitrogens with zero attached hydrogens (tertiary/aromatic N) is 3. The molecule has 0 spiro atoms. The van der Waals surface area contributed by atoms with Crippen molar-refractivity contribution in [3.05, 3.63) is 66.0 Å². The molecule has 0 radical (unpaired) electrons. The molecule has 2 aromatic carbocycles. The lowest BCUT2D eigenvalue weighted by Gasteiger charge is -2.30. The lowest BCUT2D eigenvalue weighted by molar-refractivity contribution is -0.118. The first-order chi connectivity index (χ1) is 14.0. The monoisotopic (exact) mass is 384 g/mol. The van der Waals surface area contributed by atoms with E-state index in [1.54, 1.807) is 16.0 Å². The second kappa shape index (κ2) is 6.17. The number of benzene rings is 2. The molecule has 1 aliphatic rings. The summed E-state index contributed by atoms with van der Waals surface area (Å²) in [7, 11) is 0. The van der Waals surface area contributed by atoms with Crippen molar-refractivity contribution in [3.63, 3.8) is 0 Å². The van der Waals surface area contributed by atoms with Crippen LogP contribution in [0.2, 0.25) is 0 Å². The Labute approximate surface area is 167 Å². The fourth-order valence-electron chi connectivity index (χ4n) is 4.48. The number of amides is 2. The molecule has 0 saturated carbocycles. The number of hydrogen-bond donors (Lipinski definition) is 1. The van der Waals surface area contributed by atoms with Crippen LogP contribution in [0.4, 0.5) is 11.4 Å². The highest BCUT2D eigenvalue weighted by Gasteiger charge is 2.43. The number of H-pyrrole nitrogens is 1. The van der Waals surface area contributed by atoms with Crippen LogP contribution < -0.4 is 9.80 Å². The molecule has 6 heteroatoms. The fourth-order valence-corrected chi connectivity index (χ4v) is 4.48. The average Bonchev–Trinajstić information content (AvgIpc) is 3.21. The third-order valence-corrected chi connectivity index (χ3v) is 5.61. The van der Waals surface area contributed by atoms with Gasteiger partial charge in [-0.2, -0.15) is 0 Å². The van der Waals surface area contributed by atoms with Crippen LogP contribution in [-0.4, -0.2) is 21.8 Å². The maximum Gasteiger partial charge on any atom is 0.225 e. The van der Waals surface area contributed by atoms with Crippen LogP contribution in [0.15, 0.2) is 54.7 Å². The summed E-state index contributed by atoms with van der Waals surface area (Å²) < 4.78 is 0. The molecular weight excluding hydrogens is 364 g/mol. The molecule has 2 amide bonds.